The highest BCUT2D eigenvalue weighted by atomic mass is 15.2. The van der Waals surface area contributed by atoms with Gasteiger partial charge in [0.05, 0.1) is 0 Å². The Bertz CT molecular complexity index is 719. The van der Waals surface area contributed by atoms with Crippen LogP contribution in [0, 0.1) is 5.92 Å². The van der Waals surface area contributed by atoms with E-state index >= 15 is 0 Å². The lowest BCUT2D eigenvalue weighted by Crippen LogP contribution is -2.29. The number of unbranched alkanes of at least 4 members (excludes halogenated alkanes) is 1. The Kier molecular flexibility index (Phi) is 9.28. The number of nitrogens with two attached hydrogens (primary N) is 1. The van der Waals surface area contributed by atoms with Gasteiger partial charge in [-0.25, -0.2) is 19.9 Å². The van der Waals surface area contributed by atoms with Crippen molar-refractivity contribution in [3.63, 3.8) is 0 Å². The average molecular weight is 412 g/mol. The number of anilines is 2. The van der Waals surface area contributed by atoms with Crippen LogP contribution in [-0.2, 0) is 6.42 Å². The molecule has 0 amide bonds. The van der Waals surface area contributed by atoms with Crippen LogP contribution >= 0.6 is 0 Å². The molecule has 0 bridgehead atoms. The minimum atomic E-state index is 0.322. The number of hydrogen-bond donors (Lipinski definition) is 2. The Morgan fingerprint density at radius 1 is 1.03 bits per heavy atom. The number of nitrogen functional groups attached to an aromatic ring is 1. The van der Waals surface area contributed by atoms with Crippen molar-refractivity contribution in [1.29, 1.82) is 0 Å². The van der Waals surface area contributed by atoms with E-state index in [-0.39, 0.29) is 0 Å². The van der Waals surface area contributed by atoms with E-state index in [0.29, 0.717) is 12.0 Å². The van der Waals surface area contributed by atoms with Crippen molar-refractivity contribution in [2.45, 2.75) is 70.3 Å². The topological polar surface area (TPSA) is 92.8 Å². The predicted molar refractivity (Wildman–Crippen MR) is 122 cm³/mol. The van der Waals surface area contributed by atoms with E-state index in [0.717, 1.165) is 31.2 Å². The van der Waals surface area contributed by atoms with Crippen molar-refractivity contribution in [2.24, 2.45) is 5.92 Å². The molecule has 7 heteroatoms. The summed E-state index contributed by atoms with van der Waals surface area (Å²) in [6.07, 6.45) is 18.6. The van der Waals surface area contributed by atoms with Crippen molar-refractivity contribution >= 4 is 11.8 Å². The molecule has 1 saturated heterocycles. The van der Waals surface area contributed by atoms with Crippen LogP contribution in [-0.4, -0.2) is 46.1 Å². The second-order valence-electron chi connectivity index (χ2n) is 8.44. The molecule has 1 aliphatic heterocycles. The predicted octanol–water partition coefficient (Wildman–Crippen LogP) is 3.63. The summed E-state index contributed by atoms with van der Waals surface area (Å²) in [6.45, 7) is 2.16. The van der Waals surface area contributed by atoms with Crippen molar-refractivity contribution in [3.8, 4) is 0 Å². The van der Waals surface area contributed by atoms with Gasteiger partial charge in [0.1, 0.15) is 12.1 Å². The van der Waals surface area contributed by atoms with Crippen LogP contribution in [0.1, 0.15) is 63.5 Å². The van der Waals surface area contributed by atoms with Gasteiger partial charge >= 0.3 is 0 Å². The molecule has 0 unspecified atom stereocenters. The van der Waals surface area contributed by atoms with Crippen LogP contribution in [0.2, 0.25) is 0 Å². The van der Waals surface area contributed by atoms with Crippen LogP contribution in [0.25, 0.3) is 0 Å². The maximum absolute atomic E-state index is 5.14. The molecule has 4 rings (SSSR count). The number of nitrogens with zero attached hydrogens (tertiary/aromatic N) is 5. The molecule has 3 N–H and O–H groups in total. The third-order valence-corrected chi connectivity index (χ3v) is 6.24. The number of hydrogen-bond acceptors (Lipinski definition) is 7. The third-order valence-electron chi connectivity index (χ3n) is 6.24. The lowest BCUT2D eigenvalue weighted by Gasteiger charge is -2.21. The van der Waals surface area contributed by atoms with Crippen LogP contribution in [0.4, 0.5) is 11.8 Å². The largest absolute Gasteiger partial charge is 0.368 e. The molecule has 3 heterocycles. The number of nitrogens with one attached hydrogen (secondary N) is 1. The van der Waals surface area contributed by atoms with E-state index in [9.17, 15) is 0 Å². The van der Waals surface area contributed by atoms with Gasteiger partial charge in [-0.15, -0.1) is 0 Å². The fourth-order valence-electron chi connectivity index (χ4n) is 4.42. The molecular formula is C23H37N7. The number of likely N-dealkylation sites (N-methyl/N-ethyl adjacent to an activating group) is 1. The van der Waals surface area contributed by atoms with Crippen LogP contribution in [0.3, 0.4) is 0 Å². The standard InChI is InChI=1S/C19H32N4.C4H5N3/c1-20-18-11-12-23(14-18)19-13-17(21-15-22-19)10-6-5-9-16-7-3-2-4-8-16;5-4-6-2-1-3-7-4/h13,15-16,18,20H,2-12,14H2,1H3;1-3H,(H2,5,6,7)/t18-;/m1./s1. The molecule has 164 valence electrons. The number of aryl methyl sites for hydroxylation is 1. The smallest absolute Gasteiger partial charge is 0.219 e. The Morgan fingerprint density at radius 2 is 1.83 bits per heavy atom. The summed E-state index contributed by atoms with van der Waals surface area (Å²) in [6, 6.07) is 4.53. The van der Waals surface area contributed by atoms with Gasteiger partial charge < -0.3 is 16.0 Å². The normalized spacial score (nSPS) is 19.4. The number of aromatic nitrogens is 4. The zero-order valence-electron chi connectivity index (χ0n) is 18.3. The lowest BCUT2D eigenvalue weighted by atomic mass is 9.85. The van der Waals surface area contributed by atoms with Gasteiger partial charge in [-0.3, -0.25) is 0 Å². The fraction of sp³-hybridized carbons (Fsp3) is 0.652. The van der Waals surface area contributed by atoms with Gasteiger partial charge in [-0.2, -0.15) is 0 Å². The lowest BCUT2D eigenvalue weighted by molar-refractivity contribution is 0.329. The highest BCUT2D eigenvalue weighted by Gasteiger charge is 2.22. The summed E-state index contributed by atoms with van der Waals surface area (Å²) < 4.78 is 0. The van der Waals surface area contributed by atoms with Gasteiger partial charge in [0, 0.05) is 43.3 Å². The zero-order valence-corrected chi connectivity index (χ0v) is 18.3. The first-order valence-electron chi connectivity index (χ1n) is 11.5. The molecule has 1 atom stereocenters. The van der Waals surface area contributed by atoms with Crippen molar-refractivity contribution in [2.75, 3.05) is 30.8 Å². The molecule has 2 fully saturated rings. The van der Waals surface area contributed by atoms with Crippen molar-refractivity contribution in [3.05, 3.63) is 36.5 Å². The summed E-state index contributed by atoms with van der Waals surface area (Å²) in [5.41, 5.74) is 6.35. The maximum Gasteiger partial charge on any atom is 0.219 e. The first kappa shape index (κ1) is 22.4. The quantitative estimate of drug-likeness (QED) is 0.672. The molecule has 2 aromatic rings. The second kappa shape index (κ2) is 12.4. The molecule has 1 aliphatic carbocycles. The minimum absolute atomic E-state index is 0.322. The Morgan fingerprint density at radius 3 is 2.50 bits per heavy atom. The maximum atomic E-state index is 5.14. The summed E-state index contributed by atoms with van der Waals surface area (Å²) in [5.74, 6) is 2.44. The van der Waals surface area contributed by atoms with Crippen molar-refractivity contribution < 1.29 is 0 Å². The third kappa shape index (κ3) is 7.52. The van der Waals surface area contributed by atoms with E-state index in [1.54, 1.807) is 24.8 Å². The Labute approximate surface area is 180 Å². The molecule has 30 heavy (non-hydrogen) atoms. The second-order valence-corrected chi connectivity index (χ2v) is 8.44. The van der Waals surface area contributed by atoms with E-state index in [1.807, 2.05) is 7.05 Å². The molecule has 2 aliphatic rings. The molecule has 2 aromatic heterocycles. The monoisotopic (exact) mass is 411 g/mol. The van der Waals surface area contributed by atoms with Gasteiger partial charge in [0.25, 0.3) is 0 Å². The van der Waals surface area contributed by atoms with Gasteiger partial charge in [0.15, 0.2) is 0 Å². The van der Waals surface area contributed by atoms with Gasteiger partial charge in [-0.1, -0.05) is 44.9 Å². The summed E-state index contributed by atoms with van der Waals surface area (Å²) in [4.78, 5) is 18.6. The van der Waals surface area contributed by atoms with Gasteiger partial charge in [-0.05, 0) is 38.3 Å². The van der Waals surface area contributed by atoms with Gasteiger partial charge in [0.2, 0.25) is 5.95 Å². The first-order chi connectivity index (χ1) is 14.7. The van der Waals surface area contributed by atoms with Crippen LogP contribution in [0.15, 0.2) is 30.9 Å². The highest BCUT2D eigenvalue weighted by Crippen LogP contribution is 2.28. The van der Waals surface area contributed by atoms with E-state index in [1.165, 1.54) is 63.5 Å². The van der Waals surface area contributed by atoms with E-state index < -0.39 is 0 Å². The number of rotatable bonds is 7. The Hall–Kier alpha value is -2.28. The summed E-state index contributed by atoms with van der Waals surface area (Å²) >= 11 is 0. The van der Waals surface area contributed by atoms with E-state index in [2.05, 4.69) is 36.2 Å². The van der Waals surface area contributed by atoms with Crippen molar-refractivity contribution in [1.82, 2.24) is 25.3 Å². The van der Waals surface area contributed by atoms with E-state index in [4.69, 9.17) is 5.73 Å². The first-order valence-corrected chi connectivity index (χ1v) is 11.5. The molecule has 7 nitrogen and oxygen atoms in total. The average Bonchev–Trinajstić information content (AvgIpc) is 3.28. The summed E-state index contributed by atoms with van der Waals surface area (Å²) in [5, 5.41) is 3.37. The van der Waals surface area contributed by atoms with Crippen LogP contribution in [0.5, 0.6) is 0 Å². The minimum Gasteiger partial charge on any atom is -0.368 e. The SMILES string of the molecule is CN[C@@H]1CCN(c2cc(CCCCC3CCCCC3)ncn2)C1.Nc1ncccn1. The molecule has 0 spiro atoms. The molecular weight excluding hydrogens is 374 g/mol. The Balaban J connectivity index is 0.000000310. The molecule has 0 radical (unpaired) electrons. The highest BCUT2D eigenvalue weighted by molar-refractivity contribution is 5.40. The fourth-order valence-corrected chi connectivity index (χ4v) is 4.42. The molecule has 0 aromatic carbocycles. The van der Waals surface area contributed by atoms with Crippen LogP contribution < -0.4 is 16.0 Å². The zero-order chi connectivity index (χ0) is 21.0. The summed E-state index contributed by atoms with van der Waals surface area (Å²) in [7, 11) is 2.05. The molecule has 1 saturated carbocycles.